The maximum absolute atomic E-state index is 9.54. The Balaban J connectivity index is 1.01. The van der Waals surface area contributed by atoms with E-state index in [4.69, 9.17) is 14.5 Å². The Morgan fingerprint density at radius 3 is 2.97 bits per heavy atom. The summed E-state index contributed by atoms with van der Waals surface area (Å²) in [7, 11) is 0. The molecule has 2 aromatic heterocycles. The van der Waals surface area contributed by atoms with Crippen molar-refractivity contribution in [3.63, 3.8) is 0 Å². The molecule has 0 bridgehead atoms. The van der Waals surface area contributed by atoms with Gasteiger partial charge in [0.05, 0.1) is 47.5 Å². The lowest BCUT2D eigenvalue weighted by Gasteiger charge is -2.55. The monoisotopic (exact) mass is 525 g/mol. The fourth-order valence-corrected chi connectivity index (χ4v) is 6.81. The standard InChI is InChI=1S/C30H35N7O2/c1-21-15-37(28-5-4-23(12-31)29-26(28)3-2-7-33-29)17-25(39-21)16-35-18-30(19-35)20-36(9-10-38-30)24-11-22-6-8-32-14-27(22)34-13-24/h2-5,7,11,13,21,25,32H,6,8-10,14-20H2,1H3/t21-,25+/m1/s1. The molecule has 0 aliphatic carbocycles. The zero-order valence-electron chi connectivity index (χ0n) is 22.5. The lowest BCUT2D eigenvalue weighted by molar-refractivity contribution is -0.161. The zero-order chi connectivity index (χ0) is 26.4. The second-order valence-electron chi connectivity index (χ2n) is 11.5. The fourth-order valence-electron chi connectivity index (χ4n) is 6.81. The summed E-state index contributed by atoms with van der Waals surface area (Å²) in [6, 6.07) is 12.6. The smallest absolute Gasteiger partial charge is 0.111 e. The molecule has 0 amide bonds. The number of anilines is 2. The van der Waals surface area contributed by atoms with E-state index in [-0.39, 0.29) is 17.8 Å². The molecule has 9 nitrogen and oxygen atoms in total. The van der Waals surface area contributed by atoms with Gasteiger partial charge in [-0.05, 0) is 55.8 Å². The number of benzene rings is 1. The third-order valence-electron chi connectivity index (χ3n) is 8.54. The molecule has 3 fully saturated rings. The molecule has 4 aliphatic heterocycles. The molecule has 202 valence electrons. The van der Waals surface area contributed by atoms with Crippen LogP contribution in [-0.4, -0.2) is 91.6 Å². The number of aromatic nitrogens is 2. The first-order valence-electron chi connectivity index (χ1n) is 14.1. The fraction of sp³-hybridized carbons (Fsp3) is 0.500. The van der Waals surface area contributed by atoms with E-state index < -0.39 is 0 Å². The summed E-state index contributed by atoms with van der Waals surface area (Å²) in [4.78, 5) is 16.6. The molecule has 0 radical (unpaired) electrons. The van der Waals surface area contributed by atoms with Gasteiger partial charge in [-0.25, -0.2) is 0 Å². The molecule has 2 atom stereocenters. The second-order valence-corrected chi connectivity index (χ2v) is 11.5. The molecule has 7 rings (SSSR count). The summed E-state index contributed by atoms with van der Waals surface area (Å²) in [6.45, 7) is 11.0. The minimum atomic E-state index is -0.120. The number of morpholine rings is 2. The minimum absolute atomic E-state index is 0.103. The molecule has 9 heteroatoms. The van der Waals surface area contributed by atoms with Gasteiger partial charge in [-0.2, -0.15) is 5.26 Å². The Hall–Kier alpha value is -3.29. The SMILES string of the molecule is C[C@@H]1CN(c2ccc(C#N)c3ncccc23)C[C@H](CN2CC3(C2)CN(c2cnc4c(c2)CCNC4)CCO3)O1. The topological polar surface area (TPSA) is 89.8 Å². The van der Waals surface area contributed by atoms with Crippen molar-refractivity contribution in [1.82, 2.24) is 20.2 Å². The van der Waals surface area contributed by atoms with Crippen LogP contribution in [0.5, 0.6) is 0 Å². The molecule has 0 saturated carbocycles. The Morgan fingerprint density at radius 2 is 2.08 bits per heavy atom. The third-order valence-corrected chi connectivity index (χ3v) is 8.54. The van der Waals surface area contributed by atoms with E-state index in [0.717, 1.165) is 88.5 Å². The van der Waals surface area contributed by atoms with Gasteiger partial charge in [0.2, 0.25) is 0 Å². The van der Waals surface area contributed by atoms with Crippen LogP contribution in [0.2, 0.25) is 0 Å². The summed E-state index contributed by atoms with van der Waals surface area (Å²) >= 11 is 0. The summed E-state index contributed by atoms with van der Waals surface area (Å²) in [5.41, 5.74) is 6.17. The van der Waals surface area contributed by atoms with Gasteiger partial charge in [0.25, 0.3) is 0 Å². The molecule has 4 aliphatic rings. The molecular formula is C30H35N7O2. The van der Waals surface area contributed by atoms with Crippen molar-refractivity contribution >= 4 is 22.3 Å². The molecule has 6 heterocycles. The highest BCUT2D eigenvalue weighted by molar-refractivity contribution is 5.95. The van der Waals surface area contributed by atoms with Crippen LogP contribution in [0, 0.1) is 11.3 Å². The molecule has 3 aromatic rings. The number of fused-ring (bicyclic) bond motifs is 2. The van der Waals surface area contributed by atoms with Crippen molar-refractivity contribution in [2.24, 2.45) is 0 Å². The van der Waals surface area contributed by atoms with Crippen molar-refractivity contribution in [2.75, 3.05) is 68.8 Å². The number of nitriles is 1. The lowest BCUT2D eigenvalue weighted by atomic mass is 9.91. The third kappa shape index (κ3) is 4.72. The normalized spacial score (nSPS) is 24.8. The van der Waals surface area contributed by atoms with Crippen LogP contribution in [0.1, 0.15) is 23.7 Å². The zero-order valence-corrected chi connectivity index (χ0v) is 22.5. The first kappa shape index (κ1) is 24.7. The molecule has 39 heavy (non-hydrogen) atoms. The van der Waals surface area contributed by atoms with Crippen LogP contribution >= 0.6 is 0 Å². The number of likely N-dealkylation sites (tertiary alicyclic amines) is 1. The van der Waals surface area contributed by atoms with Gasteiger partial charge in [-0.1, -0.05) is 0 Å². The van der Waals surface area contributed by atoms with Crippen molar-refractivity contribution < 1.29 is 9.47 Å². The van der Waals surface area contributed by atoms with Gasteiger partial charge < -0.3 is 24.6 Å². The molecule has 1 spiro atoms. The lowest BCUT2D eigenvalue weighted by Crippen LogP contribution is -2.71. The Kier molecular flexibility index (Phi) is 6.36. The number of hydrogen-bond acceptors (Lipinski definition) is 9. The Bertz CT molecular complexity index is 1420. The quantitative estimate of drug-likeness (QED) is 0.551. The van der Waals surface area contributed by atoms with E-state index in [1.54, 1.807) is 6.20 Å². The van der Waals surface area contributed by atoms with Gasteiger partial charge in [-0.3, -0.25) is 14.9 Å². The van der Waals surface area contributed by atoms with Crippen LogP contribution in [0.3, 0.4) is 0 Å². The average molecular weight is 526 g/mol. The van der Waals surface area contributed by atoms with E-state index in [1.807, 2.05) is 18.3 Å². The maximum atomic E-state index is 9.54. The van der Waals surface area contributed by atoms with E-state index >= 15 is 0 Å². The number of nitrogens with one attached hydrogen (secondary N) is 1. The predicted octanol–water partition coefficient (Wildman–Crippen LogP) is 2.33. The van der Waals surface area contributed by atoms with Crippen LogP contribution < -0.4 is 15.1 Å². The number of pyridine rings is 2. The van der Waals surface area contributed by atoms with E-state index in [9.17, 15) is 5.26 Å². The largest absolute Gasteiger partial charge is 0.370 e. The number of rotatable bonds is 4. The minimum Gasteiger partial charge on any atom is -0.370 e. The van der Waals surface area contributed by atoms with Crippen molar-refractivity contribution in [3.8, 4) is 6.07 Å². The van der Waals surface area contributed by atoms with Crippen LogP contribution in [0.15, 0.2) is 42.7 Å². The van der Waals surface area contributed by atoms with Crippen molar-refractivity contribution in [3.05, 3.63) is 59.5 Å². The first-order chi connectivity index (χ1) is 19.1. The van der Waals surface area contributed by atoms with E-state index in [2.05, 4.69) is 56.2 Å². The van der Waals surface area contributed by atoms with E-state index in [0.29, 0.717) is 5.56 Å². The maximum Gasteiger partial charge on any atom is 0.111 e. The van der Waals surface area contributed by atoms with E-state index in [1.165, 1.54) is 16.9 Å². The number of nitrogens with zero attached hydrogens (tertiary/aromatic N) is 6. The van der Waals surface area contributed by atoms with Gasteiger partial charge >= 0.3 is 0 Å². The highest BCUT2D eigenvalue weighted by Crippen LogP contribution is 2.34. The van der Waals surface area contributed by atoms with Crippen molar-refractivity contribution in [2.45, 2.75) is 37.7 Å². The highest BCUT2D eigenvalue weighted by atomic mass is 16.5. The van der Waals surface area contributed by atoms with Crippen molar-refractivity contribution in [1.29, 1.82) is 5.26 Å². The van der Waals surface area contributed by atoms with Crippen LogP contribution in [-0.2, 0) is 22.4 Å². The molecule has 1 N–H and O–H groups in total. The first-order valence-corrected chi connectivity index (χ1v) is 14.1. The Morgan fingerprint density at radius 1 is 1.15 bits per heavy atom. The predicted molar refractivity (Wildman–Crippen MR) is 150 cm³/mol. The molecular weight excluding hydrogens is 490 g/mol. The van der Waals surface area contributed by atoms with Gasteiger partial charge in [0.1, 0.15) is 11.7 Å². The summed E-state index contributed by atoms with van der Waals surface area (Å²) in [5.74, 6) is 0. The highest BCUT2D eigenvalue weighted by Gasteiger charge is 2.48. The van der Waals surface area contributed by atoms with Gasteiger partial charge in [-0.15, -0.1) is 0 Å². The van der Waals surface area contributed by atoms with Gasteiger partial charge in [0.15, 0.2) is 0 Å². The molecule has 3 saturated heterocycles. The Labute approximate surface area is 229 Å². The number of hydrogen-bond donors (Lipinski definition) is 1. The average Bonchev–Trinajstić information content (AvgIpc) is 2.95. The van der Waals surface area contributed by atoms with Gasteiger partial charge in [0, 0.05) is 69.6 Å². The molecule has 1 aromatic carbocycles. The summed E-state index contributed by atoms with van der Waals surface area (Å²) in [6.07, 6.45) is 5.06. The summed E-state index contributed by atoms with van der Waals surface area (Å²) in [5, 5.41) is 14.0. The van der Waals surface area contributed by atoms with Crippen LogP contribution in [0.25, 0.3) is 10.9 Å². The summed E-state index contributed by atoms with van der Waals surface area (Å²) < 4.78 is 12.8. The molecule has 0 unspecified atom stereocenters. The second kappa shape index (κ2) is 10.0. The number of ether oxygens (including phenoxy) is 2. The van der Waals surface area contributed by atoms with Crippen LogP contribution in [0.4, 0.5) is 11.4 Å².